The lowest BCUT2D eigenvalue weighted by atomic mass is 10.1. The molecule has 0 aromatic carbocycles. The molecule has 0 aromatic heterocycles. The van der Waals surface area contributed by atoms with Gasteiger partial charge in [-0.2, -0.15) is 11.8 Å². The molecule has 0 aromatic rings. The number of Topliss-reactive ketones (excluding diaryl/α,β-unsaturated/α-hetero) is 1. The summed E-state index contributed by atoms with van der Waals surface area (Å²) in [5.41, 5.74) is -0.0607. The molecule has 1 rings (SSSR count). The first kappa shape index (κ1) is 15.1. The number of hydrogen-bond acceptors (Lipinski definition) is 4. The van der Waals surface area contributed by atoms with Crippen LogP contribution in [0.2, 0.25) is 0 Å². The van der Waals surface area contributed by atoms with E-state index in [9.17, 15) is 9.59 Å². The first-order chi connectivity index (χ1) is 8.22. The maximum atomic E-state index is 12.1. The highest BCUT2D eigenvalue weighted by Gasteiger charge is 2.34. The van der Waals surface area contributed by atoms with Gasteiger partial charge in [0, 0.05) is 18.1 Å². The monoisotopic (exact) mass is 271 g/mol. The van der Waals surface area contributed by atoms with E-state index in [-0.39, 0.29) is 5.78 Å². The van der Waals surface area contributed by atoms with Crippen LogP contribution in [0.4, 0.5) is 4.79 Å². The predicted octanol–water partition coefficient (Wildman–Crippen LogP) is 2.48. The van der Waals surface area contributed by atoms with E-state index in [0.29, 0.717) is 17.9 Å². The van der Waals surface area contributed by atoms with E-state index in [4.69, 9.17) is 4.74 Å². The van der Waals surface area contributed by atoms with Gasteiger partial charge in [0.05, 0.1) is 0 Å². The first-order valence-corrected chi connectivity index (χ1v) is 7.15. The molecule has 1 amide bonds. The van der Waals surface area contributed by atoms with E-state index in [1.54, 1.807) is 18.7 Å². The summed E-state index contributed by atoms with van der Waals surface area (Å²) in [5, 5.41) is 0. The first-order valence-electron chi connectivity index (χ1n) is 5.99. The van der Waals surface area contributed by atoms with Crippen LogP contribution in [0.3, 0.4) is 0 Å². The summed E-state index contributed by atoms with van der Waals surface area (Å²) in [4.78, 5) is 25.6. The second-order valence-corrected chi connectivity index (χ2v) is 6.56. The second-order valence-electron chi connectivity index (χ2n) is 5.41. The van der Waals surface area contributed by atoms with Crippen molar-refractivity contribution in [3.8, 4) is 0 Å². The standard InChI is InChI=1S/C13H21NO3S/c1-9(2)11(15)10-8-18-7-6-14(10)12(16)17-13(3,4)5/h10H,1,6-8H2,2-5H3. The molecule has 1 saturated heterocycles. The molecule has 1 heterocycles. The quantitative estimate of drug-likeness (QED) is 0.724. The fourth-order valence-corrected chi connectivity index (χ4v) is 2.69. The Bertz CT molecular complexity index is 360. The molecular formula is C13H21NO3S. The van der Waals surface area contributed by atoms with Crippen molar-refractivity contribution in [2.45, 2.75) is 39.3 Å². The minimum atomic E-state index is -0.543. The van der Waals surface area contributed by atoms with E-state index < -0.39 is 17.7 Å². The van der Waals surface area contributed by atoms with Gasteiger partial charge >= 0.3 is 6.09 Å². The number of rotatable bonds is 2. The molecular weight excluding hydrogens is 250 g/mol. The van der Waals surface area contributed by atoms with Crippen LogP contribution in [0.25, 0.3) is 0 Å². The van der Waals surface area contributed by atoms with E-state index in [1.165, 1.54) is 4.90 Å². The van der Waals surface area contributed by atoms with Gasteiger partial charge in [0.1, 0.15) is 11.6 Å². The van der Waals surface area contributed by atoms with Crippen molar-refractivity contribution in [1.29, 1.82) is 0 Å². The lowest BCUT2D eigenvalue weighted by Gasteiger charge is -2.35. The van der Waals surface area contributed by atoms with Crippen molar-refractivity contribution in [2.24, 2.45) is 0 Å². The molecule has 1 atom stereocenters. The maximum Gasteiger partial charge on any atom is 0.410 e. The maximum absolute atomic E-state index is 12.1. The van der Waals surface area contributed by atoms with Crippen LogP contribution in [0.1, 0.15) is 27.7 Å². The van der Waals surface area contributed by atoms with Crippen molar-refractivity contribution in [2.75, 3.05) is 18.1 Å². The number of hydrogen-bond donors (Lipinski definition) is 0. The van der Waals surface area contributed by atoms with E-state index in [0.717, 1.165) is 5.75 Å². The number of amides is 1. The third-order valence-corrected chi connectivity index (χ3v) is 3.50. The van der Waals surface area contributed by atoms with E-state index in [2.05, 4.69) is 6.58 Å². The normalized spacial score (nSPS) is 20.4. The topological polar surface area (TPSA) is 46.6 Å². The molecule has 0 aliphatic carbocycles. The van der Waals surface area contributed by atoms with Gasteiger partial charge in [-0.3, -0.25) is 9.69 Å². The predicted molar refractivity (Wildman–Crippen MR) is 73.9 cm³/mol. The molecule has 1 aliphatic rings. The highest BCUT2D eigenvalue weighted by Crippen LogP contribution is 2.21. The van der Waals surface area contributed by atoms with Crippen LogP contribution >= 0.6 is 11.8 Å². The fourth-order valence-electron chi connectivity index (χ4n) is 1.64. The Balaban J connectivity index is 2.79. The van der Waals surface area contributed by atoms with E-state index >= 15 is 0 Å². The van der Waals surface area contributed by atoms with Gasteiger partial charge in [-0.25, -0.2) is 4.79 Å². The molecule has 0 radical (unpaired) electrons. The molecule has 4 nitrogen and oxygen atoms in total. The summed E-state index contributed by atoms with van der Waals surface area (Å²) in [7, 11) is 0. The van der Waals surface area contributed by atoms with Crippen LogP contribution in [0.15, 0.2) is 12.2 Å². The lowest BCUT2D eigenvalue weighted by molar-refractivity contribution is -0.119. The molecule has 1 fully saturated rings. The Morgan fingerprint density at radius 2 is 2.00 bits per heavy atom. The number of ether oxygens (including phenoxy) is 1. The van der Waals surface area contributed by atoms with Crippen molar-refractivity contribution >= 4 is 23.6 Å². The molecule has 102 valence electrons. The largest absolute Gasteiger partial charge is 0.444 e. The van der Waals surface area contributed by atoms with Crippen LogP contribution < -0.4 is 0 Å². The van der Waals surface area contributed by atoms with Gasteiger partial charge < -0.3 is 4.74 Å². The van der Waals surface area contributed by atoms with Crippen LogP contribution in [-0.2, 0) is 9.53 Å². The zero-order valence-corrected chi connectivity index (χ0v) is 12.3. The van der Waals surface area contributed by atoms with Gasteiger partial charge in [0.25, 0.3) is 0 Å². The smallest absolute Gasteiger partial charge is 0.410 e. The van der Waals surface area contributed by atoms with Crippen molar-refractivity contribution in [3.05, 3.63) is 12.2 Å². The van der Waals surface area contributed by atoms with Crippen molar-refractivity contribution in [3.63, 3.8) is 0 Å². The lowest BCUT2D eigenvalue weighted by Crippen LogP contribution is -2.51. The Morgan fingerprint density at radius 1 is 1.39 bits per heavy atom. The number of carbonyl (C=O) groups is 2. The summed E-state index contributed by atoms with van der Waals surface area (Å²) in [5.74, 6) is 1.37. The van der Waals surface area contributed by atoms with Gasteiger partial charge in [0.2, 0.25) is 0 Å². The van der Waals surface area contributed by atoms with Crippen LogP contribution in [0, 0.1) is 0 Å². The average molecular weight is 271 g/mol. The highest BCUT2D eigenvalue weighted by atomic mass is 32.2. The van der Waals surface area contributed by atoms with Gasteiger partial charge in [0.15, 0.2) is 5.78 Å². The fraction of sp³-hybridized carbons (Fsp3) is 0.692. The Morgan fingerprint density at radius 3 is 2.50 bits per heavy atom. The number of carbonyl (C=O) groups excluding carboxylic acids is 2. The van der Waals surface area contributed by atoms with Gasteiger partial charge in [-0.15, -0.1) is 0 Å². The third kappa shape index (κ3) is 4.05. The summed E-state index contributed by atoms with van der Waals surface area (Å²) >= 11 is 1.68. The van der Waals surface area contributed by atoms with Gasteiger partial charge in [-0.05, 0) is 33.3 Å². The molecule has 0 spiro atoms. The molecule has 0 N–H and O–H groups in total. The summed E-state index contributed by atoms with van der Waals surface area (Å²) in [6.07, 6.45) is -0.414. The second kappa shape index (κ2) is 5.78. The van der Waals surface area contributed by atoms with Crippen molar-refractivity contribution in [1.82, 2.24) is 4.90 Å². The van der Waals surface area contributed by atoms with Crippen LogP contribution in [0.5, 0.6) is 0 Å². The minimum Gasteiger partial charge on any atom is -0.444 e. The molecule has 5 heteroatoms. The van der Waals surface area contributed by atoms with Crippen molar-refractivity contribution < 1.29 is 14.3 Å². The Hall–Kier alpha value is -0.970. The third-order valence-electron chi connectivity index (χ3n) is 2.48. The minimum absolute atomic E-state index is 0.0759. The number of thioether (sulfide) groups is 1. The zero-order chi connectivity index (χ0) is 13.9. The Labute approximate surface area is 113 Å². The number of ketones is 1. The molecule has 1 unspecified atom stereocenters. The molecule has 1 aliphatic heterocycles. The summed E-state index contributed by atoms with van der Waals surface area (Å²) < 4.78 is 5.33. The molecule has 18 heavy (non-hydrogen) atoms. The molecule has 0 saturated carbocycles. The van der Waals surface area contributed by atoms with Crippen LogP contribution in [-0.4, -0.2) is 46.5 Å². The Kier molecular flexibility index (Phi) is 4.85. The van der Waals surface area contributed by atoms with Gasteiger partial charge in [-0.1, -0.05) is 6.58 Å². The summed E-state index contributed by atoms with van der Waals surface area (Å²) in [6.45, 7) is 11.3. The average Bonchev–Trinajstić information content (AvgIpc) is 2.25. The SMILES string of the molecule is C=C(C)C(=O)C1CSCCN1C(=O)OC(C)(C)C. The highest BCUT2D eigenvalue weighted by molar-refractivity contribution is 7.99. The van der Waals surface area contributed by atoms with E-state index in [1.807, 2.05) is 20.8 Å². The summed E-state index contributed by atoms with van der Waals surface area (Å²) in [6, 6.07) is -0.434. The molecule has 0 bridgehead atoms. The number of nitrogens with zero attached hydrogens (tertiary/aromatic N) is 1. The zero-order valence-electron chi connectivity index (χ0n) is 11.5.